The highest BCUT2D eigenvalue weighted by Crippen LogP contribution is 2.03. The van der Waals surface area contributed by atoms with Gasteiger partial charge in [-0.15, -0.1) is 0 Å². The second-order valence-corrected chi connectivity index (χ2v) is 2.01. The SMILES string of the molecule is CC.CCC(C)OSC.CN. The van der Waals surface area contributed by atoms with E-state index in [1.165, 1.54) is 19.1 Å². The lowest BCUT2D eigenvalue weighted by Crippen LogP contribution is -1.98. The van der Waals surface area contributed by atoms with Gasteiger partial charge in [0.25, 0.3) is 0 Å². The van der Waals surface area contributed by atoms with Gasteiger partial charge in [-0.3, -0.25) is 0 Å². The van der Waals surface area contributed by atoms with Gasteiger partial charge in [0.1, 0.15) is 0 Å². The number of hydrogen-bond acceptors (Lipinski definition) is 3. The topological polar surface area (TPSA) is 35.2 Å². The molecule has 0 saturated heterocycles. The highest BCUT2D eigenvalue weighted by atomic mass is 32.2. The Morgan fingerprint density at radius 2 is 1.73 bits per heavy atom. The van der Waals surface area contributed by atoms with Crippen molar-refractivity contribution in [1.82, 2.24) is 0 Å². The highest BCUT2D eigenvalue weighted by Gasteiger charge is 1.93. The summed E-state index contributed by atoms with van der Waals surface area (Å²) in [7, 11) is 1.50. The molecule has 0 fully saturated rings. The van der Waals surface area contributed by atoms with E-state index in [0.717, 1.165) is 6.42 Å². The molecule has 2 nitrogen and oxygen atoms in total. The fourth-order valence-electron chi connectivity index (χ4n) is 0.232. The zero-order valence-electron chi connectivity index (χ0n) is 8.68. The van der Waals surface area contributed by atoms with Crippen LogP contribution < -0.4 is 5.73 Å². The molecule has 0 saturated carbocycles. The van der Waals surface area contributed by atoms with Crippen molar-refractivity contribution in [3.8, 4) is 0 Å². The zero-order chi connectivity index (χ0) is 9.70. The van der Waals surface area contributed by atoms with Crippen LogP contribution in [0.4, 0.5) is 0 Å². The first kappa shape index (κ1) is 17.4. The van der Waals surface area contributed by atoms with Crippen molar-refractivity contribution in [3.63, 3.8) is 0 Å². The minimum absolute atomic E-state index is 0.412. The van der Waals surface area contributed by atoms with Crippen LogP contribution in [-0.4, -0.2) is 19.4 Å². The Bertz CT molecular complexity index is 45.1. The van der Waals surface area contributed by atoms with Crippen LogP contribution in [0.2, 0.25) is 0 Å². The van der Waals surface area contributed by atoms with Crippen molar-refractivity contribution in [2.75, 3.05) is 13.3 Å². The van der Waals surface area contributed by atoms with E-state index in [4.69, 9.17) is 4.18 Å². The number of hydrogen-bond donors (Lipinski definition) is 1. The zero-order valence-corrected chi connectivity index (χ0v) is 9.49. The van der Waals surface area contributed by atoms with Crippen molar-refractivity contribution < 1.29 is 4.18 Å². The van der Waals surface area contributed by atoms with Crippen LogP contribution in [0.1, 0.15) is 34.1 Å². The summed E-state index contributed by atoms with van der Waals surface area (Å²) in [5.74, 6) is 0. The van der Waals surface area contributed by atoms with Gasteiger partial charge in [0.05, 0.1) is 6.10 Å². The first-order chi connectivity index (χ1) is 5.31. The van der Waals surface area contributed by atoms with Gasteiger partial charge >= 0.3 is 0 Å². The quantitative estimate of drug-likeness (QED) is 0.680. The van der Waals surface area contributed by atoms with Crippen molar-refractivity contribution in [1.29, 1.82) is 0 Å². The second kappa shape index (κ2) is 22.4. The molecule has 0 spiro atoms. The lowest BCUT2D eigenvalue weighted by atomic mass is 10.3. The minimum atomic E-state index is 0.412. The summed E-state index contributed by atoms with van der Waals surface area (Å²) in [6, 6.07) is 0. The normalized spacial score (nSPS) is 10.1. The van der Waals surface area contributed by atoms with Crippen LogP contribution >= 0.6 is 12.0 Å². The van der Waals surface area contributed by atoms with Crippen LogP contribution in [0.3, 0.4) is 0 Å². The van der Waals surface area contributed by atoms with Gasteiger partial charge in [0.15, 0.2) is 0 Å². The third-order valence-electron chi connectivity index (χ3n) is 0.835. The highest BCUT2D eigenvalue weighted by molar-refractivity contribution is 7.93. The van der Waals surface area contributed by atoms with Gasteiger partial charge in [-0.2, -0.15) is 0 Å². The van der Waals surface area contributed by atoms with Crippen LogP contribution in [0.5, 0.6) is 0 Å². The standard InChI is InChI=1S/C5H12OS.C2H6.CH5N/c1-4-5(2)6-7-3;2*1-2/h5H,4H2,1-3H3;1-2H3;2H2,1H3. The molecule has 0 aliphatic carbocycles. The molecule has 0 amide bonds. The van der Waals surface area contributed by atoms with Gasteiger partial charge in [0.2, 0.25) is 0 Å². The maximum Gasteiger partial charge on any atom is 0.0691 e. The molecule has 11 heavy (non-hydrogen) atoms. The van der Waals surface area contributed by atoms with E-state index in [0.29, 0.717) is 6.10 Å². The first-order valence-electron chi connectivity index (χ1n) is 4.08. The van der Waals surface area contributed by atoms with E-state index in [-0.39, 0.29) is 0 Å². The average molecular weight is 181 g/mol. The van der Waals surface area contributed by atoms with Crippen LogP contribution in [0.25, 0.3) is 0 Å². The molecule has 0 aromatic heterocycles. The molecule has 0 heterocycles. The molecule has 72 valence electrons. The molecule has 2 N–H and O–H groups in total. The maximum atomic E-state index is 5.11. The van der Waals surface area contributed by atoms with Gasteiger partial charge in [0, 0.05) is 6.26 Å². The summed E-state index contributed by atoms with van der Waals surface area (Å²) in [6.07, 6.45) is 3.45. The van der Waals surface area contributed by atoms with E-state index in [1.807, 2.05) is 20.1 Å². The third kappa shape index (κ3) is 25.3. The molecule has 0 aliphatic heterocycles. The number of rotatable bonds is 3. The smallest absolute Gasteiger partial charge is 0.0691 e. The monoisotopic (exact) mass is 181 g/mol. The molecule has 0 bridgehead atoms. The molecule has 0 aromatic carbocycles. The summed E-state index contributed by atoms with van der Waals surface area (Å²) in [5, 5.41) is 0. The average Bonchev–Trinajstić information content (AvgIpc) is 2.12. The van der Waals surface area contributed by atoms with E-state index in [1.54, 1.807) is 0 Å². The van der Waals surface area contributed by atoms with Crippen LogP contribution in [-0.2, 0) is 4.18 Å². The van der Waals surface area contributed by atoms with E-state index >= 15 is 0 Å². The third-order valence-corrected chi connectivity index (χ3v) is 1.36. The van der Waals surface area contributed by atoms with E-state index in [9.17, 15) is 0 Å². The van der Waals surface area contributed by atoms with Crippen LogP contribution in [0.15, 0.2) is 0 Å². The molecular weight excluding hydrogens is 158 g/mol. The summed E-state index contributed by atoms with van der Waals surface area (Å²) < 4.78 is 5.11. The lowest BCUT2D eigenvalue weighted by Gasteiger charge is -2.03. The molecule has 0 aliphatic rings. The number of nitrogens with two attached hydrogens (primary N) is 1. The fraction of sp³-hybridized carbons (Fsp3) is 1.00. The minimum Gasteiger partial charge on any atom is -0.333 e. The Balaban J connectivity index is -0.000000138. The molecule has 1 unspecified atom stereocenters. The van der Waals surface area contributed by atoms with Gasteiger partial charge in [-0.1, -0.05) is 20.8 Å². The largest absolute Gasteiger partial charge is 0.333 e. The first-order valence-corrected chi connectivity index (χ1v) is 5.23. The Hall–Kier alpha value is 0.270. The molecule has 0 rings (SSSR count). The Labute approximate surface area is 76.1 Å². The van der Waals surface area contributed by atoms with Gasteiger partial charge in [-0.05, 0) is 32.4 Å². The maximum absolute atomic E-state index is 5.11. The summed E-state index contributed by atoms with van der Waals surface area (Å²) in [6.45, 7) is 8.18. The molecule has 1 atom stereocenters. The molecule has 0 aromatic rings. The van der Waals surface area contributed by atoms with Gasteiger partial charge < -0.3 is 9.92 Å². The van der Waals surface area contributed by atoms with Crippen LogP contribution in [0, 0.1) is 0 Å². The Morgan fingerprint density at radius 1 is 1.36 bits per heavy atom. The fourth-order valence-corrected chi connectivity index (χ4v) is 0.697. The molecular formula is C8H23NOS. The van der Waals surface area contributed by atoms with Crippen molar-refractivity contribution in [2.24, 2.45) is 5.73 Å². The Kier molecular flexibility index (Phi) is 35.5. The van der Waals surface area contributed by atoms with Crippen molar-refractivity contribution >= 4 is 12.0 Å². The molecule has 3 heteroatoms. The van der Waals surface area contributed by atoms with E-state index in [2.05, 4.69) is 19.6 Å². The molecule has 0 radical (unpaired) electrons. The summed E-state index contributed by atoms with van der Waals surface area (Å²) >= 11 is 1.43. The lowest BCUT2D eigenvalue weighted by molar-refractivity contribution is 0.261. The predicted octanol–water partition coefficient (Wildman–Crippen LogP) is 2.68. The van der Waals surface area contributed by atoms with Crippen molar-refractivity contribution in [3.05, 3.63) is 0 Å². The second-order valence-electron chi connectivity index (χ2n) is 1.48. The summed E-state index contributed by atoms with van der Waals surface area (Å²) in [5.41, 5.74) is 4.50. The summed E-state index contributed by atoms with van der Waals surface area (Å²) in [4.78, 5) is 0. The van der Waals surface area contributed by atoms with Gasteiger partial charge in [-0.25, -0.2) is 0 Å². The van der Waals surface area contributed by atoms with E-state index < -0.39 is 0 Å². The Morgan fingerprint density at radius 3 is 1.82 bits per heavy atom. The predicted molar refractivity (Wildman–Crippen MR) is 55.8 cm³/mol. The van der Waals surface area contributed by atoms with Crippen molar-refractivity contribution in [2.45, 2.75) is 40.2 Å².